The Hall–Kier alpha value is -4.99. The Bertz CT molecular complexity index is 1590. The summed E-state index contributed by atoms with van der Waals surface area (Å²) in [7, 11) is 0. The van der Waals surface area contributed by atoms with Crippen LogP contribution in [0.3, 0.4) is 0 Å². The van der Waals surface area contributed by atoms with Crippen LogP contribution in [0, 0.1) is 5.82 Å². The van der Waals surface area contributed by atoms with E-state index in [2.05, 4.69) is 20.9 Å². The van der Waals surface area contributed by atoms with Gasteiger partial charge in [-0.1, -0.05) is 43.8 Å². The van der Waals surface area contributed by atoms with Gasteiger partial charge in [-0.25, -0.2) is 19.0 Å². The van der Waals surface area contributed by atoms with E-state index >= 15 is 0 Å². The molecule has 4 N–H and O–H groups in total. The van der Waals surface area contributed by atoms with Crippen molar-refractivity contribution in [2.75, 3.05) is 11.9 Å². The van der Waals surface area contributed by atoms with Gasteiger partial charge in [0.2, 0.25) is 5.91 Å². The van der Waals surface area contributed by atoms with Crippen molar-refractivity contribution < 1.29 is 51.3 Å². The lowest BCUT2D eigenvalue weighted by Gasteiger charge is -2.29. The molecule has 0 aliphatic carbocycles. The summed E-state index contributed by atoms with van der Waals surface area (Å²) >= 11 is 0. The van der Waals surface area contributed by atoms with Crippen molar-refractivity contribution in [3.05, 3.63) is 83.6 Å². The van der Waals surface area contributed by atoms with Gasteiger partial charge in [-0.05, 0) is 52.3 Å². The number of nitrogens with one attached hydrogen (secondary N) is 3. The number of alkyl carbamates (subject to hydrolysis) is 1. The molecule has 0 spiro atoms. The number of hydrogen-bond acceptors (Lipinski definition) is 7. The van der Waals surface area contributed by atoms with Crippen LogP contribution >= 0.6 is 0 Å². The highest BCUT2D eigenvalue weighted by Gasteiger charge is 2.36. The number of carbonyl (C=O) groups is 4. The molecular formula is C32H39F4N5O7. The number of hydrogen-bond donors (Lipinski definition) is 4. The van der Waals surface area contributed by atoms with Gasteiger partial charge in [-0.2, -0.15) is 13.2 Å². The number of carboxylic acids is 1. The highest BCUT2D eigenvalue weighted by Crippen LogP contribution is 2.32. The molecule has 0 aliphatic heterocycles. The van der Waals surface area contributed by atoms with Crippen LogP contribution in [0.4, 0.5) is 28.2 Å². The molecule has 0 saturated heterocycles. The van der Waals surface area contributed by atoms with Crippen LogP contribution < -0.4 is 16.0 Å². The largest absolute Gasteiger partial charge is 0.479 e. The van der Waals surface area contributed by atoms with Crippen LogP contribution in [0.1, 0.15) is 64.8 Å². The summed E-state index contributed by atoms with van der Waals surface area (Å²) < 4.78 is 65.4. The van der Waals surface area contributed by atoms with Gasteiger partial charge in [0, 0.05) is 11.8 Å². The van der Waals surface area contributed by atoms with E-state index in [1.54, 1.807) is 51.1 Å². The first-order valence-electron chi connectivity index (χ1n) is 14.1. The first kappa shape index (κ1) is 39.2. The number of imidazole rings is 1. The van der Waals surface area contributed by atoms with E-state index in [9.17, 15) is 41.8 Å². The second kappa shape index (κ2) is 15.7. The standard InChI is InChI=1S/C31H35F4N5O7.CH4/c1-29(2,3)47-28(45)39-30(4,5)27(44)37-22(16-46-15-18-9-7-6-8-10-18)25(41)38-23-14-40(17-36-23)24(26(42)43)20-12-11-19(13-21(20)32)31(33,34)35;/h6-14,17,22,24H,15-16H2,1-5H3,(H,37,44)(H,38,41)(H,39,45)(H,42,43);1H4. The molecule has 0 fully saturated rings. The van der Waals surface area contributed by atoms with Crippen molar-refractivity contribution in [3.63, 3.8) is 0 Å². The molecule has 2 aromatic carbocycles. The molecular weight excluding hydrogens is 642 g/mol. The highest BCUT2D eigenvalue weighted by atomic mass is 19.4. The molecule has 3 rings (SSSR count). The number of anilines is 1. The van der Waals surface area contributed by atoms with Crippen LogP contribution in [0.25, 0.3) is 0 Å². The number of carboxylic acid groups (broad SMARTS) is 1. The maximum atomic E-state index is 14.7. The van der Waals surface area contributed by atoms with Crippen LogP contribution in [-0.2, 0) is 36.6 Å². The van der Waals surface area contributed by atoms with Gasteiger partial charge in [0.25, 0.3) is 5.91 Å². The van der Waals surface area contributed by atoms with Crippen LogP contribution in [0.15, 0.2) is 61.1 Å². The quantitative estimate of drug-likeness (QED) is 0.188. The number of rotatable bonds is 12. The van der Waals surface area contributed by atoms with Gasteiger partial charge in [0.05, 0.1) is 25.1 Å². The maximum Gasteiger partial charge on any atom is 0.416 e. The second-order valence-corrected chi connectivity index (χ2v) is 11.9. The summed E-state index contributed by atoms with van der Waals surface area (Å²) in [5.74, 6) is -4.87. The minimum Gasteiger partial charge on any atom is -0.479 e. The summed E-state index contributed by atoms with van der Waals surface area (Å²) in [6, 6.07) is 7.19. The van der Waals surface area contributed by atoms with E-state index in [1.165, 1.54) is 13.8 Å². The zero-order chi connectivity index (χ0) is 35.2. The Balaban J connectivity index is 0.00000800. The summed E-state index contributed by atoms with van der Waals surface area (Å²) in [5, 5.41) is 17.1. The smallest absolute Gasteiger partial charge is 0.416 e. The third kappa shape index (κ3) is 11.1. The van der Waals surface area contributed by atoms with Crippen molar-refractivity contribution >= 4 is 29.7 Å². The fourth-order valence-corrected chi connectivity index (χ4v) is 4.11. The van der Waals surface area contributed by atoms with Gasteiger partial charge in [-0.3, -0.25) is 9.59 Å². The minimum absolute atomic E-state index is 0. The highest BCUT2D eigenvalue weighted by molar-refractivity contribution is 5.98. The number of nitrogens with zero attached hydrogens (tertiary/aromatic N) is 2. The van der Waals surface area contributed by atoms with Gasteiger partial charge >= 0.3 is 18.2 Å². The Morgan fingerprint density at radius 2 is 1.65 bits per heavy atom. The molecule has 16 heteroatoms. The maximum absolute atomic E-state index is 14.7. The van der Waals surface area contributed by atoms with Gasteiger partial charge in [-0.15, -0.1) is 0 Å². The fraction of sp³-hybridized carbons (Fsp3) is 0.406. The molecule has 2 unspecified atom stereocenters. The molecule has 12 nitrogen and oxygen atoms in total. The molecule has 262 valence electrons. The Kier molecular flexibility index (Phi) is 12.8. The monoisotopic (exact) mass is 681 g/mol. The topological polar surface area (TPSA) is 161 Å². The van der Waals surface area contributed by atoms with E-state index in [0.717, 1.165) is 22.7 Å². The van der Waals surface area contributed by atoms with E-state index < -0.39 is 70.2 Å². The average Bonchev–Trinajstić information content (AvgIpc) is 3.39. The van der Waals surface area contributed by atoms with Crippen LogP contribution in [0.5, 0.6) is 0 Å². The Morgan fingerprint density at radius 1 is 1.00 bits per heavy atom. The van der Waals surface area contributed by atoms with Crippen molar-refractivity contribution in [2.45, 2.75) is 78.1 Å². The molecule has 2 atom stereocenters. The first-order chi connectivity index (χ1) is 21.8. The van der Waals surface area contributed by atoms with Crippen molar-refractivity contribution in [3.8, 4) is 0 Å². The Morgan fingerprint density at radius 3 is 2.21 bits per heavy atom. The minimum atomic E-state index is -4.84. The number of carbonyl (C=O) groups excluding carboxylic acids is 3. The first-order valence-corrected chi connectivity index (χ1v) is 14.1. The van der Waals surface area contributed by atoms with Crippen molar-refractivity contribution in [1.82, 2.24) is 20.2 Å². The third-order valence-electron chi connectivity index (χ3n) is 6.41. The average molecular weight is 682 g/mol. The summed E-state index contributed by atoms with van der Waals surface area (Å²) in [5.41, 5.74) is -3.50. The van der Waals surface area contributed by atoms with Gasteiger partial charge < -0.3 is 35.1 Å². The van der Waals surface area contributed by atoms with E-state index in [4.69, 9.17) is 9.47 Å². The van der Waals surface area contributed by atoms with Crippen molar-refractivity contribution in [1.29, 1.82) is 0 Å². The summed E-state index contributed by atoms with van der Waals surface area (Å²) in [6.45, 7) is 7.44. The molecule has 0 bridgehead atoms. The molecule has 1 heterocycles. The predicted molar refractivity (Wildman–Crippen MR) is 166 cm³/mol. The van der Waals surface area contributed by atoms with E-state index in [1.807, 2.05) is 0 Å². The third-order valence-corrected chi connectivity index (χ3v) is 6.41. The van der Waals surface area contributed by atoms with E-state index in [-0.39, 0.29) is 32.5 Å². The number of amides is 3. The number of halogens is 4. The lowest BCUT2D eigenvalue weighted by Crippen LogP contribution is -2.59. The number of aliphatic carboxylic acids is 1. The second-order valence-electron chi connectivity index (χ2n) is 11.9. The molecule has 48 heavy (non-hydrogen) atoms. The Labute approximate surface area is 274 Å². The molecule has 0 radical (unpaired) electrons. The SMILES string of the molecule is C.CC(C)(C)OC(=O)NC(C)(C)C(=O)NC(COCc1ccccc1)C(=O)Nc1cn(C(C(=O)O)c2ccc(C(F)(F)F)cc2F)cn1. The number of aromatic nitrogens is 2. The fourth-order valence-electron chi connectivity index (χ4n) is 4.11. The lowest BCUT2D eigenvalue weighted by atomic mass is 10.0. The molecule has 3 aromatic rings. The normalized spacial score (nSPS) is 13.0. The van der Waals surface area contributed by atoms with Gasteiger partial charge in [0.1, 0.15) is 23.0 Å². The van der Waals surface area contributed by atoms with Crippen LogP contribution in [-0.4, -0.2) is 62.3 Å². The molecule has 3 amide bonds. The summed E-state index contributed by atoms with van der Waals surface area (Å²) in [4.78, 5) is 54.8. The predicted octanol–water partition coefficient (Wildman–Crippen LogP) is 5.29. The van der Waals surface area contributed by atoms with Crippen molar-refractivity contribution in [2.24, 2.45) is 0 Å². The molecule has 0 aliphatic rings. The van der Waals surface area contributed by atoms with Gasteiger partial charge in [0.15, 0.2) is 11.9 Å². The lowest BCUT2D eigenvalue weighted by molar-refractivity contribution is -0.139. The number of alkyl halides is 3. The molecule has 0 saturated carbocycles. The van der Waals surface area contributed by atoms with E-state index in [0.29, 0.717) is 12.1 Å². The molecule has 1 aromatic heterocycles. The zero-order valence-corrected chi connectivity index (χ0v) is 26.1. The van der Waals surface area contributed by atoms with Crippen LogP contribution in [0.2, 0.25) is 0 Å². The number of ether oxygens (including phenoxy) is 2. The number of benzene rings is 2. The summed E-state index contributed by atoms with van der Waals surface area (Å²) in [6.07, 6.45) is -3.74. The zero-order valence-electron chi connectivity index (χ0n) is 26.1.